The summed E-state index contributed by atoms with van der Waals surface area (Å²) in [6.45, 7) is 7.12. The second-order valence-corrected chi connectivity index (χ2v) is 7.83. The van der Waals surface area contributed by atoms with E-state index < -0.39 is 5.91 Å². The third kappa shape index (κ3) is 4.77. The van der Waals surface area contributed by atoms with Crippen LogP contribution in [0.2, 0.25) is 0 Å². The fourth-order valence-corrected chi connectivity index (χ4v) is 4.09. The van der Waals surface area contributed by atoms with Crippen LogP contribution >= 0.6 is 0 Å². The van der Waals surface area contributed by atoms with Crippen LogP contribution in [-0.2, 0) is 11.3 Å². The molecule has 0 aliphatic carbocycles. The SMILES string of the molecule is N=c1c2cc(CN3CCN(CCOCC[OH2+])CC3)ccc2oc2cccc(C(N)=O)c12. The molecule has 1 aromatic heterocycles. The Hall–Kier alpha value is -2.78. The van der Waals surface area contributed by atoms with Crippen LogP contribution in [0, 0.1) is 5.41 Å². The molecule has 2 heterocycles. The topological polar surface area (TPSA) is 119 Å². The summed E-state index contributed by atoms with van der Waals surface area (Å²) >= 11 is 0. The summed E-state index contributed by atoms with van der Waals surface area (Å²) in [5.41, 5.74) is 8.05. The number of carbonyl (C=O) groups is 1. The molecule has 0 atom stereocenters. The fourth-order valence-electron chi connectivity index (χ4n) is 4.09. The number of amides is 1. The van der Waals surface area contributed by atoms with Crippen molar-refractivity contribution in [2.24, 2.45) is 5.73 Å². The molecule has 5 N–H and O–H groups in total. The Morgan fingerprint density at radius 2 is 1.87 bits per heavy atom. The highest BCUT2D eigenvalue weighted by Crippen LogP contribution is 2.22. The van der Waals surface area contributed by atoms with Gasteiger partial charge >= 0.3 is 0 Å². The summed E-state index contributed by atoms with van der Waals surface area (Å²) in [4.78, 5) is 16.6. The van der Waals surface area contributed by atoms with Crippen LogP contribution in [0.1, 0.15) is 15.9 Å². The van der Waals surface area contributed by atoms with E-state index in [4.69, 9.17) is 25.4 Å². The van der Waals surface area contributed by atoms with Gasteiger partial charge in [-0.25, -0.2) is 0 Å². The van der Waals surface area contributed by atoms with Crippen molar-refractivity contribution in [1.29, 1.82) is 5.41 Å². The second-order valence-electron chi connectivity index (χ2n) is 7.83. The first-order valence-corrected chi connectivity index (χ1v) is 10.6. The molecule has 0 unspecified atom stereocenters. The highest BCUT2D eigenvalue weighted by Gasteiger charge is 2.18. The molecule has 1 aliphatic heterocycles. The van der Waals surface area contributed by atoms with Gasteiger partial charge in [-0.2, -0.15) is 0 Å². The van der Waals surface area contributed by atoms with Crippen LogP contribution in [0.15, 0.2) is 40.8 Å². The number of nitrogens with two attached hydrogens (primary N) is 1. The Labute approximate surface area is 180 Å². The van der Waals surface area contributed by atoms with Gasteiger partial charge in [0.05, 0.1) is 22.9 Å². The third-order valence-electron chi connectivity index (χ3n) is 5.74. The van der Waals surface area contributed by atoms with Crippen molar-refractivity contribution < 1.29 is 19.1 Å². The van der Waals surface area contributed by atoms with Crippen LogP contribution in [0.25, 0.3) is 21.9 Å². The number of piperazine rings is 1. The largest absolute Gasteiger partial charge is 0.456 e. The van der Waals surface area contributed by atoms with Crippen molar-refractivity contribution in [2.45, 2.75) is 6.54 Å². The Morgan fingerprint density at radius 3 is 2.61 bits per heavy atom. The van der Waals surface area contributed by atoms with E-state index in [0.717, 1.165) is 44.8 Å². The van der Waals surface area contributed by atoms with E-state index >= 15 is 0 Å². The number of benzene rings is 2. The Kier molecular flexibility index (Phi) is 6.62. The monoisotopic (exact) mass is 425 g/mol. The number of nitrogens with one attached hydrogen (secondary N) is 1. The lowest BCUT2D eigenvalue weighted by molar-refractivity contribution is 0.0564. The molecule has 0 radical (unpaired) electrons. The molecule has 1 aliphatic rings. The summed E-state index contributed by atoms with van der Waals surface area (Å²) in [6.07, 6.45) is 0. The summed E-state index contributed by atoms with van der Waals surface area (Å²) in [6, 6.07) is 11.0. The van der Waals surface area contributed by atoms with Gasteiger partial charge in [0.25, 0.3) is 0 Å². The van der Waals surface area contributed by atoms with E-state index in [9.17, 15) is 4.79 Å². The van der Waals surface area contributed by atoms with Gasteiger partial charge in [0.15, 0.2) is 6.61 Å². The van der Waals surface area contributed by atoms with Crippen molar-refractivity contribution in [3.63, 3.8) is 0 Å². The van der Waals surface area contributed by atoms with Crippen molar-refractivity contribution in [3.05, 3.63) is 52.9 Å². The minimum absolute atomic E-state index is 0.269. The van der Waals surface area contributed by atoms with Gasteiger partial charge in [-0.3, -0.25) is 20.0 Å². The lowest BCUT2D eigenvalue weighted by Crippen LogP contribution is -2.46. The normalized spacial score (nSPS) is 15.6. The van der Waals surface area contributed by atoms with Crippen LogP contribution in [-0.4, -0.2) is 73.4 Å². The number of fused-ring (bicyclic) bond motifs is 2. The zero-order valence-electron chi connectivity index (χ0n) is 17.5. The molecule has 4 rings (SSSR count). The molecule has 1 fully saturated rings. The minimum Gasteiger partial charge on any atom is -0.456 e. The predicted octanol–water partition coefficient (Wildman–Crippen LogP) is 1.02. The number of primary amides is 1. The molecule has 8 nitrogen and oxygen atoms in total. The number of nitrogens with zero attached hydrogens (tertiary/aromatic N) is 2. The first-order chi connectivity index (χ1) is 15.1. The Bertz CT molecular complexity index is 1140. The average molecular weight is 426 g/mol. The third-order valence-corrected chi connectivity index (χ3v) is 5.74. The maximum Gasteiger partial charge on any atom is 0.249 e. The van der Waals surface area contributed by atoms with Crippen LogP contribution in [0.5, 0.6) is 0 Å². The van der Waals surface area contributed by atoms with Crippen molar-refractivity contribution in [1.82, 2.24) is 9.80 Å². The smallest absolute Gasteiger partial charge is 0.249 e. The first-order valence-electron chi connectivity index (χ1n) is 10.6. The van der Waals surface area contributed by atoms with Gasteiger partial charge in [-0.15, -0.1) is 0 Å². The number of rotatable bonds is 8. The molecule has 2 aromatic carbocycles. The van der Waals surface area contributed by atoms with Gasteiger partial charge in [-0.05, 0) is 29.8 Å². The molecule has 1 saturated heterocycles. The van der Waals surface area contributed by atoms with E-state index in [2.05, 4.69) is 9.80 Å². The first kappa shape index (κ1) is 21.5. The predicted molar refractivity (Wildman–Crippen MR) is 119 cm³/mol. The minimum atomic E-state index is -0.562. The summed E-state index contributed by atoms with van der Waals surface area (Å²) < 4.78 is 11.4. The van der Waals surface area contributed by atoms with Crippen LogP contribution < -0.4 is 11.1 Å². The molecule has 0 saturated carbocycles. The molecular formula is C23H29N4O4+. The standard InChI is InChI=1S/C23H28N4O4/c24-22-18-14-16(15-27-8-6-26(7-9-27)10-12-30-13-11-28)4-5-19(18)31-20-3-1-2-17(21(20)22)23(25)29/h1-5,14,24,28H,6-13,15H2,(H2,25,29)/p+1. The fraction of sp³-hybridized carbons (Fsp3) is 0.391. The van der Waals surface area contributed by atoms with E-state index in [1.54, 1.807) is 18.2 Å². The van der Waals surface area contributed by atoms with Crippen molar-refractivity contribution >= 4 is 27.8 Å². The highest BCUT2D eigenvalue weighted by molar-refractivity contribution is 6.06. The maximum atomic E-state index is 11.8. The van der Waals surface area contributed by atoms with E-state index in [1.165, 1.54) is 0 Å². The number of carbonyl (C=O) groups excluding carboxylic acids is 1. The second kappa shape index (κ2) is 9.57. The maximum absolute atomic E-state index is 11.8. The quantitative estimate of drug-likeness (QED) is 0.317. The van der Waals surface area contributed by atoms with Crippen LogP contribution in [0.3, 0.4) is 0 Å². The van der Waals surface area contributed by atoms with E-state index in [0.29, 0.717) is 47.3 Å². The van der Waals surface area contributed by atoms with Gasteiger partial charge in [0.2, 0.25) is 5.91 Å². The zero-order chi connectivity index (χ0) is 21.8. The number of ether oxygens (including phenoxy) is 1. The van der Waals surface area contributed by atoms with Gasteiger partial charge in [0.1, 0.15) is 17.8 Å². The summed E-state index contributed by atoms with van der Waals surface area (Å²) in [5.74, 6) is -0.562. The number of hydrogen-bond acceptors (Lipinski definition) is 6. The number of hydrogen-bond donors (Lipinski definition) is 2. The summed E-state index contributed by atoms with van der Waals surface area (Å²) in [5, 5.41) is 17.2. The molecule has 0 bridgehead atoms. The van der Waals surface area contributed by atoms with Crippen LogP contribution in [0.4, 0.5) is 0 Å². The van der Waals surface area contributed by atoms with Gasteiger partial charge in [0, 0.05) is 44.7 Å². The molecule has 1 amide bonds. The van der Waals surface area contributed by atoms with E-state index in [1.807, 2.05) is 18.2 Å². The molecule has 164 valence electrons. The lowest BCUT2D eigenvalue weighted by Gasteiger charge is -2.34. The van der Waals surface area contributed by atoms with Gasteiger partial charge in [-0.1, -0.05) is 12.1 Å². The Balaban J connectivity index is 1.49. The molecule has 8 heteroatoms. The molecular weight excluding hydrogens is 396 g/mol. The summed E-state index contributed by atoms with van der Waals surface area (Å²) in [7, 11) is 0. The lowest BCUT2D eigenvalue weighted by atomic mass is 10.0. The Morgan fingerprint density at radius 1 is 1.10 bits per heavy atom. The van der Waals surface area contributed by atoms with E-state index in [-0.39, 0.29) is 5.36 Å². The molecule has 31 heavy (non-hydrogen) atoms. The van der Waals surface area contributed by atoms with Crippen molar-refractivity contribution in [2.75, 3.05) is 52.5 Å². The zero-order valence-corrected chi connectivity index (χ0v) is 17.5. The molecule has 0 spiro atoms. The van der Waals surface area contributed by atoms with Gasteiger partial charge < -0.3 is 20.0 Å². The average Bonchev–Trinajstić information content (AvgIpc) is 2.78. The highest BCUT2D eigenvalue weighted by atomic mass is 16.5. The van der Waals surface area contributed by atoms with Crippen molar-refractivity contribution in [3.8, 4) is 0 Å². The molecule has 3 aromatic rings.